The van der Waals surface area contributed by atoms with E-state index in [2.05, 4.69) is 20.2 Å². The van der Waals surface area contributed by atoms with Gasteiger partial charge in [-0.1, -0.05) is 13.5 Å². The normalized spacial score (nSPS) is 17.2. The molecular formula is C30H35FN6O3. The van der Waals surface area contributed by atoms with Crippen molar-refractivity contribution in [3.05, 3.63) is 77.0 Å². The third-order valence-corrected chi connectivity index (χ3v) is 8.01. The molecular weight excluding hydrogens is 511 g/mol. The highest BCUT2D eigenvalue weighted by molar-refractivity contribution is 5.93. The molecule has 10 heteroatoms. The summed E-state index contributed by atoms with van der Waals surface area (Å²) in [6.07, 6.45) is 4.48. The Morgan fingerprint density at radius 3 is 2.58 bits per heavy atom. The fourth-order valence-corrected chi connectivity index (χ4v) is 5.81. The summed E-state index contributed by atoms with van der Waals surface area (Å²) in [4.78, 5) is 40.8. The lowest BCUT2D eigenvalue weighted by Crippen LogP contribution is -2.49. The second-order valence-electron chi connectivity index (χ2n) is 10.3. The molecule has 3 aliphatic heterocycles. The Kier molecular flexibility index (Phi) is 7.86. The number of nitrogens with one attached hydrogen (secondary N) is 1. The zero-order chi connectivity index (χ0) is 26.9. The molecule has 1 saturated heterocycles. The van der Waals surface area contributed by atoms with Gasteiger partial charge < -0.3 is 24.8 Å². The SMILES string of the molecule is C.COc1ccc2c(c1)CCN(C1CCN(c3cc(C(=O)N4CCc5ccc(F)cc5C4)ncn3)CC1)C(=O)N2. The van der Waals surface area contributed by atoms with Gasteiger partial charge in [0.15, 0.2) is 0 Å². The Balaban J connectivity index is 0.00000323. The number of urea groups is 1. The maximum atomic E-state index is 13.7. The Bertz CT molecular complexity index is 1410. The van der Waals surface area contributed by atoms with Gasteiger partial charge in [-0.3, -0.25) is 4.79 Å². The molecule has 0 aliphatic carbocycles. The summed E-state index contributed by atoms with van der Waals surface area (Å²) in [6, 6.07) is 12.3. The Morgan fingerprint density at radius 1 is 0.975 bits per heavy atom. The Morgan fingerprint density at radius 2 is 1.77 bits per heavy atom. The van der Waals surface area contributed by atoms with Crippen molar-refractivity contribution in [1.29, 1.82) is 0 Å². The molecule has 0 radical (unpaired) electrons. The summed E-state index contributed by atoms with van der Waals surface area (Å²) in [5, 5.41) is 3.06. The molecule has 3 aliphatic rings. The lowest BCUT2D eigenvalue weighted by atomic mass is 9.99. The number of fused-ring (bicyclic) bond motifs is 2. The van der Waals surface area contributed by atoms with Crippen LogP contribution >= 0.6 is 0 Å². The van der Waals surface area contributed by atoms with Gasteiger partial charge in [-0.25, -0.2) is 19.2 Å². The molecule has 0 bridgehead atoms. The number of piperidine rings is 1. The predicted octanol–water partition coefficient (Wildman–Crippen LogP) is 4.52. The van der Waals surface area contributed by atoms with Crippen molar-refractivity contribution in [3.8, 4) is 5.75 Å². The van der Waals surface area contributed by atoms with Crippen LogP contribution in [-0.2, 0) is 19.4 Å². The van der Waals surface area contributed by atoms with E-state index in [1.54, 1.807) is 24.1 Å². The van der Waals surface area contributed by atoms with Crippen LogP contribution in [0.2, 0.25) is 0 Å². The minimum atomic E-state index is -0.293. The summed E-state index contributed by atoms with van der Waals surface area (Å²) < 4.78 is 19.1. The van der Waals surface area contributed by atoms with Gasteiger partial charge in [-0.2, -0.15) is 0 Å². The van der Waals surface area contributed by atoms with Crippen LogP contribution in [0.15, 0.2) is 48.8 Å². The fraction of sp³-hybridized carbons (Fsp3) is 0.400. The van der Waals surface area contributed by atoms with E-state index in [9.17, 15) is 14.0 Å². The van der Waals surface area contributed by atoms with Crippen LogP contribution in [0.1, 0.15) is 47.4 Å². The molecule has 1 aromatic heterocycles. The largest absolute Gasteiger partial charge is 0.497 e. The number of hydrogen-bond donors (Lipinski definition) is 1. The lowest BCUT2D eigenvalue weighted by Gasteiger charge is -2.38. The summed E-state index contributed by atoms with van der Waals surface area (Å²) in [5.41, 5.74) is 4.16. The van der Waals surface area contributed by atoms with E-state index >= 15 is 0 Å². The summed E-state index contributed by atoms with van der Waals surface area (Å²) in [5.74, 6) is 1.01. The fourth-order valence-electron chi connectivity index (χ4n) is 5.81. The highest BCUT2D eigenvalue weighted by Gasteiger charge is 2.31. The van der Waals surface area contributed by atoms with Gasteiger partial charge in [0.1, 0.15) is 29.4 Å². The number of anilines is 2. The number of halogens is 1. The maximum Gasteiger partial charge on any atom is 0.322 e. The van der Waals surface area contributed by atoms with Crippen molar-refractivity contribution >= 4 is 23.4 Å². The highest BCUT2D eigenvalue weighted by Crippen LogP contribution is 2.29. The van der Waals surface area contributed by atoms with E-state index in [1.807, 2.05) is 23.1 Å². The van der Waals surface area contributed by atoms with Crippen LogP contribution in [0.4, 0.5) is 20.7 Å². The third-order valence-electron chi connectivity index (χ3n) is 8.01. The number of carbonyl (C=O) groups excluding carboxylic acids is 2. The molecule has 0 atom stereocenters. The van der Waals surface area contributed by atoms with Gasteiger partial charge in [-0.15, -0.1) is 0 Å². The van der Waals surface area contributed by atoms with E-state index in [-0.39, 0.29) is 31.2 Å². The van der Waals surface area contributed by atoms with Crippen LogP contribution in [0.25, 0.3) is 0 Å². The van der Waals surface area contributed by atoms with E-state index < -0.39 is 0 Å². The minimum absolute atomic E-state index is 0. The van der Waals surface area contributed by atoms with Crippen LogP contribution in [0.3, 0.4) is 0 Å². The number of methoxy groups -OCH3 is 1. The molecule has 1 fully saturated rings. The average Bonchev–Trinajstić information content (AvgIpc) is 3.14. The van der Waals surface area contributed by atoms with Crippen LogP contribution < -0.4 is 15.0 Å². The van der Waals surface area contributed by atoms with E-state index in [4.69, 9.17) is 4.74 Å². The van der Waals surface area contributed by atoms with Gasteiger partial charge in [-0.05, 0) is 72.7 Å². The minimum Gasteiger partial charge on any atom is -0.497 e. The molecule has 3 aromatic rings. The average molecular weight is 547 g/mol. The Hall–Kier alpha value is -4.21. The van der Waals surface area contributed by atoms with E-state index in [1.165, 1.54) is 18.5 Å². The van der Waals surface area contributed by atoms with Crippen molar-refractivity contribution in [2.75, 3.05) is 43.5 Å². The van der Waals surface area contributed by atoms with Crippen molar-refractivity contribution in [2.45, 2.75) is 45.7 Å². The molecule has 0 unspecified atom stereocenters. The summed E-state index contributed by atoms with van der Waals surface area (Å²) in [6.45, 7) is 3.01. The highest BCUT2D eigenvalue weighted by atomic mass is 19.1. The second kappa shape index (κ2) is 11.5. The van der Waals surface area contributed by atoms with Crippen molar-refractivity contribution in [2.24, 2.45) is 0 Å². The summed E-state index contributed by atoms with van der Waals surface area (Å²) in [7, 11) is 1.64. The van der Waals surface area contributed by atoms with Crippen LogP contribution in [0.5, 0.6) is 5.75 Å². The zero-order valence-electron chi connectivity index (χ0n) is 21.9. The first-order valence-electron chi connectivity index (χ1n) is 13.4. The molecule has 4 heterocycles. The first-order valence-corrected chi connectivity index (χ1v) is 13.4. The quantitative estimate of drug-likeness (QED) is 0.518. The number of nitrogens with zero attached hydrogens (tertiary/aromatic N) is 5. The van der Waals surface area contributed by atoms with E-state index in [0.29, 0.717) is 37.6 Å². The number of benzene rings is 2. The van der Waals surface area contributed by atoms with Gasteiger partial charge in [0.25, 0.3) is 5.91 Å². The molecule has 2 aromatic carbocycles. The number of hydrogen-bond acceptors (Lipinski definition) is 6. The molecule has 210 valence electrons. The van der Waals surface area contributed by atoms with Gasteiger partial charge in [0, 0.05) is 50.5 Å². The van der Waals surface area contributed by atoms with Gasteiger partial charge >= 0.3 is 6.03 Å². The smallest absolute Gasteiger partial charge is 0.322 e. The van der Waals surface area contributed by atoms with Gasteiger partial charge in [0.05, 0.1) is 7.11 Å². The number of carbonyl (C=O) groups is 2. The first-order chi connectivity index (χ1) is 19.0. The zero-order valence-corrected chi connectivity index (χ0v) is 21.9. The van der Waals surface area contributed by atoms with Crippen molar-refractivity contribution < 1.29 is 18.7 Å². The number of aromatic nitrogens is 2. The maximum absolute atomic E-state index is 13.7. The monoisotopic (exact) mass is 546 g/mol. The molecule has 0 saturated carbocycles. The number of rotatable bonds is 4. The Labute approximate surface area is 234 Å². The summed E-state index contributed by atoms with van der Waals surface area (Å²) >= 11 is 0. The molecule has 3 amide bonds. The van der Waals surface area contributed by atoms with Crippen LogP contribution in [-0.4, -0.2) is 71.0 Å². The molecule has 6 rings (SSSR count). The predicted molar refractivity (Wildman–Crippen MR) is 151 cm³/mol. The molecule has 0 spiro atoms. The van der Waals surface area contributed by atoms with Crippen molar-refractivity contribution in [1.82, 2.24) is 19.8 Å². The van der Waals surface area contributed by atoms with Crippen LogP contribution in [0, 0.1) is 5.82 Å². The first kappa shape index (κ1) is 27.4. The van der Waals surface area contributed by atoms with Gasteiger partial charge in [0.2, 0.25) is 0 Å². The topological polar surface area (TPSA) is 90.9 Å². The number of amides is 3. The van der Waals surface area contributed by atoms with Crippen molar-refractivity contribution in [3.63, 3.8) is 0 Å². The lowest BCUT2D eigenvalue weighted by molar-refractivity contribution is 0.0728. The molecule has 9 nitrogen and oxygen atoms in total. The molecule has 1 N–H and O–H groups in total. The third kappa shape index (κ3) is 5.43. The second-order valence-corrected chi connectivity index (χ2v) is 10.3. The number of ether oxygens (including phenoxy) is 1. The standard InChI is InChI=1S/C29H31FN6O3.CH4/c1-39-24-4-5-25-20(15-24)7-13-36(29(38)33-25)23-8-11-34(12-9-23)27-16-26(31-18-32-27)28(37)35-10-6-19-2-3-22(30)14-21(19)17-35;/h2-5,14-16,18,23H,6-13,17H2,1H3,(H,33,38);1H4. The van der Waals surface area contributed by atoms with E-state index in [0.717, 1.165) is 60.5 Å². The molecule has 40 heavy (non-hydrogen) atoms.